The summed E-state index contributed by atoms with van der Waals surface area (Å²) in [7, 11) is -7.45. The van der Waals surface area contributed by atoms with Crippen LogP contribution in [0.2, 0.25) is 0 Å². The monoisotopic (exact) mass is 451 g/mol. The molecular weight excluding hydrogens is 426 g/mol. The van der Waals surface area contributed by atoms with Crippen molar-refractivity contribution in [2.45, 2.75) is 30.6 Å². The van der Waals surface area contributed by atoms with Gasteiger partial charge in [0.25, 0.3) is 0 Å². The third-order valence-electron chi connectivity index (χ3n) is 4.97. The highest BCUT2D eigenvalue weighted by Crippen LogP contribution is 2.25. The van der Waals surface area contributed by atoms with Gasteiger partial charge >= 0.3 is 0 Å². The molecule has 2 aromatic carbocycles. The predicted octanol–water partition coefficient (Wildman–Crippen LogP) is 1.96. The van der Waals surface area contributed by atoms with Crippen molar-refractivity contribution < 1.29 is 21.6 Å². The van der Waals surface area contributed by atoms with Crippen LogP contribution < -0.4 is 5.32 Å². The second-order valence-electron chi connectivity index (χ2n) is 7.28. The Labute approximate surface area is 177 Å². The van der Waals surface area contributed by atoms with E-state index in [2.05, 4.69) is 5.32 Å². The Kier molecular flexibility index (Phi) is 6.32. The SMILES string of the molecule is CC(=O)Nc1ccc(S(=O)(=O)N2CCN(S(=O)(=O)c3cc(C)ccc3C)CC2)cc1. The number of carbonyl (C=O) groups is 1. The van der Waals surface area contributed by atoms with Gasteiger partial charge in [-0.2, -0.15) is 8.61 Å². The smallest absolute Gasteiger partial charge is 0.243 e. The highest BCUT2D eigenvalue weighted by atomic mass is 32.2. The molecule has 30 heavy (non-hydrogen) atoms. The summed E-state index contributed by atoms with van der Waals surface area (Å²) in [6.07, 6.45) is 0. The van der Waals surface area contributed by atoms with Gasteiger partial charge in [-0.05, 0) is 55.3 Å². The van der Waals surface area contributed by atoms with E-state index in [1.54, 1.807) is 19.1 Å². The lowest BCUT2D eigenvalue weighted by molar-refractivity contribution is -0.114. The summed E-state index contributed by atoms with van der Waals surface area (Å²) in [5.41, 5.74) is 2.02. The Bertz CT molecular complexity index is 1150. The minimum Gasteiger partial charge on any atom is -0.326 e. The Morgan fingerprint density at radius 3 is 1.90 bits per heavy atom. The van der Waals surface area contributed by atoms with Crippen LogP contribution in [0.25, 0.3) is 0 Å². The summed E-state index contributed by atoms with van der Waals surface area (Å²) in [6.45, 7) is 5.26. The van der Waals surface area contributed by atoms with Gasteiger partial charge in [0, 0.05) is 38.8 Å². The molecule has 1 fully saturated rings. The van der Waals surface area contributed by atoms with Crippen molar-refractivity contribution in [1.82, 2.24) is 8.61 Å². The van der Waals surface area contributed by atoms with Crippen LogP contribution in [0, 0.1) is 13.8 Å². The zero-order valence-corrected chi connectivity index (χ0v) is 18.8. The van der Waals surface area contributed by atoms with Crippen LogP contribution in [0.1, 0.15) is 18.1 Å². The van der Waals surface area contributed by atoms with E-state index in [-0.39, 0.29) is 41.9 Å². The number of sulfonamides is 2. The molecule has 10 heteroatoms. The van der Waals surface area contributed by atoms with E-state index in [0.29, 0.717) is 11.3 Å². The fraction of sp³-hybridized carbons (Fsp3) is 0.350. The van der Waals surface area contributed by atoms with Crippen molar-refractivity contribution in [1.29, 1.82) is 0 Å². The number of hydrogen-bond acceptors (Lipinski definition) is 5. The highest BCUT2D eigenvalue weighted by molar-refractivity contribution is 7.89. The Morgan fingerprint density at radius 2 is 1.37 bits per heavy atom. The van der Waals surface area contributed by atoms with Gasteiger partial charge in [-0.3, -0.25) is 4.79 Å². The number of nitrogens with one attached hydrogen (secondary N) is 1. The Balaban J connectivity index is 1.74. The van der Waals surface area contributed by atoms with Crippen molar-refractivity contribution in [3.05, 3.63) is 53.6 Å². The van der Waals surface area contributed by atoms with E-state index < -0.39 is 20.0 Å². The fourth-order valence-electron chi connectivity index (χ4n) is 3.34. The van der Waals surface area contributed by atoms with Crippen molar-refractivity contribution in [2.24, 2.45) is 0 Å². The quantitative estimate of drug-likeness (QED) is 0.748. The third kappa shape index (κ3) is 4.56. The molecular formula is C20H25N3O5S2. The molecule has 8 nitrogen and oxygen atoms in total. The van der Waals surface area contributed by atoms with Crippen LogP contribution >= 0.6 is 0 Å². The highest BCUT2D eigenvalue weighted by Gasteiger charge is 2.34. The summed E-state index contributed by atoms with van der Waals surface area (Å²) < 4.78 is 54.5. The molecule has 162 valence electrons. The number of nitrogens with zero attached hydrogens (tertiary/aromatic N) is 2. The number of anilines is 1. The van der Waals surface area contributed by atoms with E-state index in [1.165, 1.54) is 39.8 Å². The van der Waals surface area contributed by atoms with Gasteiger partial charge in [0.15, 0.2) is 0 Å². The summed E-state index contributed by atoms with van der Waals surface area (Å²) in [6, 6.07) is 11.2. The van der Waals surface area contributed by atoms with E-state index in [4.69, 9.17) is 0 Å². The number of aryl methyl sites for hydroxylation is 2. The Morgan fingerprint density at radius 1 is 0.833 bits per heavy atom. The zero-order valence-electron chi connectivity index (χ0n) is 17.1. The van der Waals surface area contributed by atoms with E-state index in [0.717, 1.165) is 5.56 Å². The van der Waals surface area contributed by atoms with Crippen LogP contribution in [0.3, 0.4) is 0 Å². The zero-order chi connectivity index (χ0) is 22.1. The van der Waals surface area contributed by atoms with Crippen LogP contribution in [0.4, 0.5) is 5.69 Å². The maximum absolute atomic E-state index is 13.0. The first-order valence-electron chi connectivity index (χ1n) is 9.47. The second kappa shape index (κ2) is 8.46. The van der Waals surface area contributed by atoms with Gasteiger partial charge < -0.3 is 5.32 Å². The van der Waals surface area contributed by atoms with Crippen LogP contribution in [-0.4, -0.2) is 57.5 Å². The number of rotatable bonds is 5. The summed E-state index contributed by atoms with van der Waals surface area (Å²) in [5.74, 6) is -0.244. The third-order valence-corrected chi connectivity index (χ3v) is 8.93. The molecule has 1 aliphatic rings. The number of benzene rings is 2. The minimum atomic E-state index is -3.76. The average Bonchev–Trinajstić information content (AvgIpc) is 2.70. The molecule has 0 bridgehead atoms. The standard InChI is InChI=1S/C20H25N3O5S2/c1-15-4-5-16(2)20(14-15)30(27,28)23-12-10-22(11-13-23)29(25,26)19-8-6-18(7-9-19)21-17(3)24/h4-9,14H,10-13H2,1-3H3,(H,21,24). The maximum atomic E-state index is 13.0. The number of amides is 1. The van der Waals surface area contributed by atoms with Gasteiger partial charge in [-0.1, -0.05) is 12.1 Å². The van der Waals surface area contributed by atoms with Gasteiger partial charge in [-0.15, -0.1) is 0 Å². The van der Waals surface area contributed by atoms with E-state index in [9.17, 15) is 21.6 Å². The predicted molar refractivity (Wildman–Crippen MR) is 114 cm³/mol. The van der Waals surface area contributed by atoms with Gasteiger partial charge in [0.05, 0.1) is 9.79 Å². The second-order valence-corrected chi connectivity index (χ2v) is 11.1. The minimum absolute atomic E-state index is 0.0693. The molecule has 0 unspecified atom stereocenters. The fourth-order valence-corrected chi connectivity index (χ4v) is 6.49. The van der Waals surface area contributed by atoms with Crippen molar-refractivity contribution in [3.63, 3.8) is 0 Å². The largest absolute Gasteiger partial charge is 0.326 e. The van der Waals surface area contributed by atoms with E-state index in [1.807, 2.05) is 13.0 Å². The van der Waals surface area contributed by atoms with Crippen molar-refractivity contribution in [2.75, 3.05) is 31.5 Å². The molecule has 1 N–H and O–H groups in total. The molecule has 0 atom stereocenters. The van der Waals surface area contributed by atoms with Gasteiger partial charge in [0.1, 0.15) is 0 Å². The summed E-state index contributed by atoms with van der Waals surface area (Å²) >= 11 is 0. The maximum Gasteiger partial charge on any atom is 0.243 e. The molecule has 0 aliphatic carbocycles. The lowest BCUT2D eigenvalue weighted by Crippen LogP contribution is -2.50. The molecule has 0 radical (unpaired) electrons. The lowest BCUT2D eigenvalue weighted by atomic mass is 10.2. The molecule has 0 saturated carbocycles. The molecule has 1 aliphatic heterocycles. The molecule has 3 rings (SSSR count). The molecule has 1 heterocycles. The van der Waals surface area contributed by atoms with Gasteiger partial charge in [-0.25, -0.2) is 16.8 Å². The first-order chi connectivity index (χ1) is 14.0. The van der Waals surface area contributed by atoms with Crippen molar-refractivity contribution >= 4 is 31.6 Å². The topological polar surface area (TPSA) is 104 Å². The molecule has 1 saturated heterocycles. The average molecular weight is 452 g/mol. The number of piperazine rings is 1. The molecule has 2 aromatic rings. The first kappa shape index (κ1) is 22.4. The van der Waals surface area contributed by atoms with Crippen LogP contribution in [0.5, 0.6) is 0 Å². The summed E-state index contributed by atoms with van der Waals surface area (Å²) in [5, 5.41) is 2.59. The molecule has 1 amide bonds. The van der Waals surface area contributed by atoms with Crippen molar-refractivity contribution in [3.8, 4) is 0 Å². The van der Waals surface area contributed by atoms with Crippen LogP contribution in [-0.2, 0) is 24.8 Å². The summed E-state index contributed by atoms with van der Waals surface area (Å²) in [4.78, 5) is 11.5. The van der Waals surface area contributed by atoms with Crippen LogP contribution in [0.15, 0.2) is 52.3 Å². The Hall–Kier alpha value is -2.27. The molecule has 0 spiro atoms. The van der Waals surface area contributed by atoms with Gasteiger partial charge in [0.2, 0.25) is 26.0 Å². The lowest BCUT2D eigenvalue weighted by Gasteiger charge is -2.33. The number of hydrogen-bond donors (Lipinski definition) is 1. The van der Waals surface area contributed by atoms with E-state index >= 15 is 0 Å². The molecule has 0 aromatic heterocycles. The first-order valence-corrected chi connectivity index (χ1v) is 12.3. The normalized spacial score (nSPS) is 16.4. The number of carbonyl (C=O) groups excluding carboxylic acids is 1.